The number of aliphatic hydroxyl groups is 1. The van der Waals surface area contributed by atoms with Gasteiger partial charge in [-0.25, -0.2) is 0 Å². The van der Waals surface area contributed by atoms with Gasteiger partial charge in [-0.1, -0.05) is 6.07 Å². The molecule has 0 aliphatic carbocycles. The first kappa shape index (κ1) is 24.2. The van der Waals surface area contributed by atoms with Gasteiger partial charge in [0, 0.05) is 23.4 Å². The molecule has 190 valence electrons. The van der Waals surface area contributed by atoms with Gasteiger partial charge in [0.15, 0.2) is 0 Å². The van der Waals surface area contributed by atoms with E-state index in [0.29, 0.717) is 18.9 Å². The van der Waals surface area contributed by atoms with Crippen LogP contribution in [0.25, 0.3) is 10.9 Å². The summed E-state index contributed by atoms with van der Waals surface area (Å²) >= 11 is 0. The first-order valence-corrected chi connectivity index (χ1v) is 11.1. The minimum absolute atomic E-state index is 0.0921. The van der Waals surface area contributed by atoms with Crippen LogP contribution >= 0.6 is 0 Å². The number of nitrogens with one attached hydrogen (secondary N) is 2. The third-order valence-electron chi connectivity index (χ3n) is 6.82. The first-order chi connectivity index (χ1) is 16.9. The van der Waals surface area contributed by atoms with E-state index in [0.717, 1.165) is 30.8 Å². The molecule has 0 unspecified atom stereocenters. The van der Waals surface area contributed by atoms with Crippen molar-refractivity contribution in [2.24, 2.45) is 0 Å². The van der Waals surface area contributed by atoms with Crippen LogP contribution in [0.3, 0.4) is 0 Å². The van der Waals surface area contributed by atoms with E-state index < -0.39 is 57.6 Å². The highest BCUT2D eigenvalue weighted by molar-refractivity contribution is 6.06. The molecule has 36 heavy (non-hydrogen) atoms. The normalized spacial score (nSPS) is 21.9. The van der Waals surface area contributed by atoms with Crippen LogP contribution < -0.4 is 15.6 Å². The van der Waals surface area contributed by atoms with Crippen molar-refractivity contribution < 1.29 is 36.2 Å². The van der Waals surface area contributed by atoms with E-state index in [2.05, 4.69) is 4.98 Å². The molecule has 2 aromatic carbocycles. The third kappa shape index (κ3) is 3.98. The number of pyridine rings is 1. The van der Waals surface area contributed by atoms with Crippen LogP contribution in [0.2, 0.25) is 0 Å². The van der Waals surface area contributed by atoms with Crippen molar-refractivity contribution in [1.29, 1.82) is 0 Å². The van der Waals surface area contributed by atoms with E-state index in [1.54, 1.807) is 4.90 Å². The topological polar surface area (TPSA) is 85.4 Å². The molecule has 0 saturated carbocycles. The number of halogens is 6. The standard InChI is InChI=1S/C24H19F6N3O3/c25-23(26,27)14-2-1-3-17-20(14)21(35)13(10-31-17)22(36)32-16-6-4-11(8-15(16)24(28,29)30)33-12-5-7-18(33)19(34)9-12/h1-4,6,8,10,12,18-19,34H,5,7,9H2,(H,31,35)(H,32,36)/t12-,18+,19+/m1/s1. The molecule has 2 aliphatic rings. The number of H-pyrrole nitrogens is 1. The summed E-state index contributed by atoms with van der Waals surface area (Å²) < 4.78 is 82.0. The van der Waals surface area contributed by atoms with E-state index in [4.69, 9.17) is 0 Å². The number of hydrogen-bond donors (Lipinski definition) is 3. The van der Waals surface area contributed by atoms with E-state index in [-0.39, 0.29) is 23.3 Å². The van der Waals surface area contributed by atoms with E-state index in [1.165, 1.54) is 12.1 Å². The number of aliphatic hydroxyl groups excluding tert-OH is 1. The molecule has 2 bridgehead atoms. The Morgan fingerprint density at radius 2 is 1.75 bits per heavy atom. The Balaban J connectivity index is 1.52. The lowest BCUT2D eigenvalue weighted by atomic mass is 9.98. The number of hydrogen-bond acceptors (Lipinski definition) is 4. The highest BCUT2D eigenvalue weighted by Crippen LogP contribution is 2.44. The Morgan fingerprint density at radius 1 is 1.03 bits per heavy atom. The number of alkyl halides is 6. The predicted octanol–water partition coefficient (Wildman–Crippen LogP) is 4.92. The summed E-state index contributed by atoms with van der Waals surface area (Å²) in [7, 11) is 0. The number of aromatic amines is 1. The highest BCUT2D eigenvalue weighted by atomic mass is 19.4. The van der Waals surface area contributed by atoms with Gasteiger partial charge in [0.1, 0.15) is 5.56 Å². The van der Waals surface area contributed by atoms with Gasteiger partial charge in [-0.2, -0.15) is 26.3 Å². The van der Waals surface area contributed by atoms with Crippen LogP contribution in [-0.2, 0) is 12.4 Å². The number of nitrogens with zero attached hydrogens (tertiary/aromatic N) is 1. The Kier molecular flexibility index (Phi) is 5.54. The zero-order valence-corrected chi connectivity index (χ0v) is 18.4. The molecule has 1 aromatic heterocycles. The number of fused-ring (bicyclic) bond motifs is 3. The monoisotopic (exact) mass is 511 g/mol. The fourth-order valence-electron chi connectivity index (χ4n) is 5.26. The molecule has 3 heterocycles. The summed E-state index contributed by atoms with van der Waals surface area (Å²) in [6.07, 6.45) is -7.69. The summed E-state index contributed by atoms with van der Waals surface area (Å²) in [5, 5.41) is 11.4. The zero-order chi connectivity index (χ0) is 26.0. The molecule has 2 fully saturated rings. The van der Waals surface area contributed by atoms with Crippen molar-refractivity contribution in [3.8, 4) is 0 Å². The molecular formula is C24H19F6N3O3. The number of amides is 1. The van der Waals surface area contributed by atoms with E-state index in [9.17, 15) is 41.0 Å². The molecule has 3 N–H and O–H groups in total. The van der Waals surface area contributed by atoms with Gasteiger partial charge in [-0.05, 0) is 49.6 Å². The second kappa shape index (κ2) is 8.26. The fourth-order valence-corrected chi connectivity index (χ4v) is 5.26. The van der Waals surface area contributed by atoms with E-state index >= 15 is 0 Å². The van der Waals surface area contributed by atoms with Gasteiger partial charge in [0.2, 0.25) is 5.43 Å². The molecule has 5 rings (SSSR count). The fraction of sp³-hybridized carbons (Fsp3) is 0.333. The summed E-state index contributed by atoms with van der Waals surface area (Å²) in [5.41, 5.74) is -5.05. The third-order valence-corrected chi connectivity index (χ3v) is 6.82. The van der Waals surface area contributed by atoms with Crippen LogP contribution in [0.4, 0.5) is 37.7 Å². The van der Waals surface area contributed by atoms with Crippen LogP contribution in [0, 0.1) is 0 Å². The van der Waals surface area contributed by atoms with Crippen LogP contribution in [0.15, 0.2) is 47.4 Å². The molecule has 12 heteroatoms. The molecule has 2 saturated heterocycles. The predicted molar refractivity (Wildman–Crippen MR) is 119 cm³/mol. The minimum Gasteiger partial charge on any atom is -0.391 e. The second-order valence-corrected chi connectivity index (χ2v) is 8.95. The zero-order valence-electron chi connectivity index (χ0n) is 18.4. The molecule has 3 atom stereocenters. The van der Waals surface area contributed by atoms with Crippen LogP contribution in [-0.4, -0.2) is 34.2 Å². The minimum atomic E-state index is -4.89. The average molecular weight is 511 g/mol. The average Bonchev–Trinajstić information content (AvgIpc) is 3.34. The van der Waals surface area contributed by atoms with Crippen molar-refractivity contribution in [2.45, 2.75) is 49.8 Å². The lowest BCUT2D eigenvalue weighted by molar-refractivity contribution is -0.137. The maximum atomic E-state index is 13.9. The lowest BCUT2D eigenvalue weighted by Crippen LogP contribution is -2.32. The quantitative estimate of drug-likeness (QED) is 0.436. The van der Waals surface area contributed by atoms with Crippen LogP contribution in [0.5, 0.6) is 0 Å². The molecule has 3 aromatic rings. The maximum Gasteiger partial charge on any atom is 0.418 e. The molecular weight excluding hydrogens is 492 g/mol. The van der Waals surface area contributed by atoms with Crippen molar-refractivity contribution in [3.05, 3.63) is 69.5 Å². The number of carbonyl (C=O) groups is 1. The Bertz CT molecular complexity index is 1410. The van der Waals surface area contributed by atoms with Crippen molar-refractivity contribution in [2.75, 3.05) is 10.2 Å². The Hall–Kier alpha value is -3.54. The summed E-state index contributed by atoms with van der Waals surface area (Å²) in [4.78, 5) is 29.8. The number of carbonyl (C=O) groups excluding carboxylic acids is 1. The first-order valence-electron chi connectivity index (χ1n) is 11.1. The number of rotatable bonds is 3. The number of anilines is 2. The lowest BCUT2D eigenvalue weighted by Gasteiger charge is -2.26. The van der Waals surface area contributed by atoms with Crippen molar-refractivity contribution >= 4 is 28.2 Å². The number of benzene rings is 2. The summed E-state index contributed by atoms with van der Waals surface area (Å²) in [6.45, 7) is 0. The highest BCUT2D eigenvalue weighted by Gasteiger charge is 2.46. The van der Waals surface area contributed by atoms with Gasteiger partial charge in [-0.15, -0.1) is 0 Å². The maximum absolute atomic E-state index is 13.9. The van der Waals surface area contributed by atoms with Gasteiger partial charge in [0.05, 0.1) is 34.3 Å². The van der Waals surface area contributed by atoms with Gasteiger partial charge in [-0.3, -0.25) is 9.59 Å². The van der Waals surface area contributed by atoms with Crippen LogP contribution in [0.1, 0.15) is 40.7 Å². The molecule has 0 spiro atoms. The van der Waals surface area contributed by atoms with E-state index in [1.807, 2.05) is 5.32 Å². The summed E-state index contributed by atoms with van der Waals surface area (Å²) in [6, 6.07) is 5.88. The number of aromatic nitrogens is 1. The van der Waals surface area contributed by atoms with Gasteiger partial charge >= 0.3 is 12.4 Å². The van der Waals surface area contributed by atoms with Crippen molar-refractivity contribution in [3.63, 3.8) is 0 Å². The molecule has 1 amide bonds. The Labute approximate surface area is 199 Å². The second-order valence-electron chi connectivity index (χ2n) is 8.95. The SMILES string of the molecule is O=C(Nc1ccc(N2[C@@H]3CC[C@H]2[C@@H](O)C3)cc1C(F)(F)F)c1c[nH]c2cccc(C(F)(F)F)c2c1=O. The smallest absolute Gasteiger partial charge is 0.391 e. The molecule has 0 radical (unpaired) electrons. The summed E-state index contributed by atoms with van der Waals surface area (Å²) in [5.74, 6) is -1.29. The molecule has 6 nitrogen and oxygen atoms in total. The van der Waals surface area contributed by atoms with Crippen molar-refractivity contribution in [1.82, 2.24) is 4.98 Å². The van der Waals surface area contributed by atoms with Gasteiger partial charge in [0.25, 0.3) is 5.91 Å². The molecule has 2 aliphatic heterocycles. The largest absolute Gasteiger partial charge is 0.418 e. The Morgan fingerprint density at radius 3 is 2.36 bits per heavy atom. The van der Waals surface area contributed by atoms with Gasteiger partial charge < -0.3 is 20.3 Å².